The highest BCUT2D eigenvalue weighted by Gasteiger charge is 2.47. The first-order valence-corrected chi connectivity index (χ1v) is 10.8. The Morgan fingerprint density at radius 3 is 2.33 bits per heavy atom. The number of hydrogen-bond donors (Lipinski definition) is 0. The van der Waals surface area contributed by atoms with Crippen molar-refractivity contribution in [2.45, 2.75) is 64.0 Å². The van der Waals surface area contributed by atoms with Crippen LogP contribution in [-0.2, 0) is 16.1 Å². The largest absolute Gasteiger partial charge is 0.471 e. The molecule has 1 fully saturated rings. The maximum atomic E-state index is 13.5. The Kier molecular flexibility index (Phi) is 7.29. The van der Waals surface area contributed by atoms with Crippen molar-refractivity contribution in [2.24, 2.45) is 0 Å². The summed E-state index contributed by atoms with van der Waals surface area (Å²) in [5.41, 5.74) is 0.415. The summed E-state index contributed by atoms with van der Waals surface area (Å²) in [7, 11) is 0. The smallest absolute Gasteiger partial charge is 0.444 e. The number of carbonyl (C=O) groups is 2. The summed E-state index contributed by atoms with van der Waals surface area (Å²) in [5.74, 6) is -1.91. The number of hydrogen-bond acceptors (Lipinski definition) is 4. The predicted octanol–water partition coefficient (Wildman–Crippen LogP) is 5.11. The molecule has 3 rings (SSSR count). The lowest BCUT2D eigenvalue weighted by atomic mass is 9.90. The van der Waals surface area contributed by atoms with Gasteiger partial charge in [0.25, 0.3) is 0 Å². The van der Waals surface area contributed by atoms with Crippen LogP contribution < -0.4 is 0 Å². The number of alkyl halides is 3. The van der Waals surface area contributed by atoms with Crippen molar-refractivity contribution in [3.63, 3.8) is 0 Å². The minimum atomic E-state index is -5.01. The normalized spacial score (nSPS) is 19.2. The van der Waals surface area contributed by atoms with E-state index in [4.69, 9.17) is 4.74 Å². The molecule has 1 aromatic carbocycles. The average Bonchev–Trinajstić information content (AvgIpc) is 2.76. The third-order valence-electron chi connectivity index (χ3n) is 5.39. The van der Waals surface area contributed by atoms with Gasteiger partial charge < -0.3 is 14.5 Å². The minimum Gasteiger partial charge on any atom is -0.444 e. The molecule has 2 amide bonds. The van der Waals surface area contributed by atoms with Gasteiger partial charge in [0.1, 0.15) is 5.60 Å². The number of carbonyl (C=O) groups excluding carboxylic acids is 2. The highest BCUT2D eigenvalue weighted by molar-refractivity contribution is 5.82. The highest BCUT2D eigenvalue weighted by Crippen LogP contribution is 2.36. The standard InChI is InChI=1S/C24H28F3N3O3/c1-23(2,3)33-22(32)29-14-12-19(15-20(29)17-9-5-4-6-10-17)30(21(31)24(25,26)27)16-18-11-7-8-13-28-18/h4-11,13,19-20H,12,14-16H2,1-3H3. The molecule has 0 aliphatic carbocycles. The van der Waals surface area contributed by atoms with E-state index in [1.54, 1.807) is 51.1 Å². The van der Waals surface area contributed by atoms with E-state index < -0.39 is 35.9 Å². The van der Waals surface area contributed by atoms with Crippen molar-refractivity contribution in [3.05, 3.63) is 66.0 Å². The Balaban J connectivity index is 1.91. The lowest BCUT2D eigenvalue weighted by Crippen LogP contribution is -2.53. The summed E-state index contributed by atoms with van der Waals surface area (Å²) < 4.78 is 46.0. The van der Waals surface area contributed by atoms with Crippen molar-refractivity contribution in [2.75, 3.05) is 6.54 Å². The van der Waals surface area contributed by atoms with Gasteiger partial charge in [0.15, 0.2) is 0 Å². The van der Waals surface area contributed by atoms with Gasteiger partial charge >= 0.3 is 18.2 Å². The van der Waals surface area contributed by atoms with E-state index in [9.17, 15) is 22.8 Å². The first-order chi connectivity index (χ1) is 15.5. The SMILES string of the molecule is CC(C)(C)OC(=O)N1CCC(N(Cc2ccccn2)C(=O)C(F)(F)F)CC1c1ccccc1. The molecule has 1 aliphatic rings. The van der Waals surface area contributed by atoms with E-state index in [0.717, 1.165) is 10.5 Å². The molecular weight excluding hydrogens is 435 g/mol. The molecule has 2 atom stereocenters. The number of ether oxygens (including phenoxy) is 1. The fourth-order valence-corrected chi connectivity index (χ4v) is 3.96. The molecule has 0 spiro atoms. The average molecular weight is 464 g/mol. The van der Waals surface area contributed by atoms with Crippen LogP contribution in [0.4, 0.5) is 18.0 Å². The van der Waals surface area contributed by atoms with Crippen LogP contribution in [0, 0.1) is 0 Å². The van der Waals surface area contributed by atoms with E-state index in [1.165, 1.54) is 11.1 Å². The van der Waals surface area contributed by atoms with E-state index in [1.807, 2.05) is 18.2 Å². The third kappa shape index (κ3) is 6.46. The number of aromatic nitrogens is 1. The van der Waals surface area contributed by atoms with E-state index >= 15 is 0 Å². The van der Waals surface area contributed by atoms with Gasteiger partial charge in [-0.3, -0.25) is 9.78 Å². The van der Waals surface area contributed by atoms with Crippen molar-refractivity contribution < 1.29 is 27.5 Å². The van der Waals surface area contributed by atoms with Crippen molar-refractivity contribution in [1.29, 1.82) is 0 Å². The molecule has 6 nitrogen and oxygen atoms in total. The molecule has 2 aromatic rings. The number of rotatable bonds is 4. The van der Waals surface area contributed by atoms with Crippen LogP contribution in [0.3, 0.4) is 0 Å². The maximum Gasteiger partial charge on any atom is 0.471 e. The van der Waals surface area contributed by atoms with Gasteiger partial charge in [-0.2, -0.15) is 13.2 Å². The summed E-state index contributed by atoms with van der Waals surface area (Å²) in [5, 5.41) is 0. The summed E-state index contributed by atoms with van der Waals surface area (Å²) in [4.78, 5) is 31.7. The van der Waals surface area contributed by atoms with E-state index in [0.29, 0.717) is 5.69 Å². The molecule has 0 radical (unpaired) electrons. The number of likely N-dealkylation sites (tertiary alicyclic amines) is 1. The first kappa shape index (κ1) is 24.5. The fourth-order valence-electron chi connectivity index (χ4n) is 3.96. The molecule has 1 aromatic heterocycles. The summed E-state index contributed by atoms with van der Waals surface area (Å²) >= 11 is 0. The van der Waals surface area contributed by atoms with Gasteiger partial charge in [-0.05, 0) is 51.3 Å². The lowest BCUT2D eigenvalue weighted by molar-refractivity contribution is -0.189. The van der Waals surface area contributed by atoms with Gasteiger partial charge in [-0.15, -0.1) is 0 Å². The summed E-state index contributed by atoms with van der Waals surface area (Å²) in [6.45, 7) is 5.16. The zero-order chi connectivity index (χ0) is 24.2. The van der Waals surface area contributed by atoms with Crippen molar-refractivity contribution >= 4 is 12.0 Å². The second-order valence-corrected chi connectivity index (χ2v) is 9.03. The number of pyridine rings is 1. The topological polar surface area (TPSA) is 62.7 Å². The van der Waals surface area contributed by atoms with Crippen LogP contribution >= 0.6 is 0 Å². The van der Waals surface area contributed by atoms with Crippen LogP contribution in [0.15, 0.2) is 54.7 Å². The highest BCUT2D eigenvalue weighted by atomic mass is 19.4. The quantitative estimate of drug-likeness (QED) is 0.632. The Labute approximate surface area is 191 Å². The molecule has 0 saturated carbocycles. The maximum absolute atomic E-state index is 13.5. The monoisotopic (exact) mass is 463 g/mol. The Morgan fingerprint density at radius 1 is 1.09 bits per heavy atom. The summed E-state index contributed by atoms with van der Waals surface area (Å²) in [6.07, 6.45) is -3.73. The van der Waals surface area contributed by atoms with Gasteiger partial charge in [0.2, 0.25) is 0 Å². The van der Waals surface area contributed by atoms with E-state index in [-0.39, 0.29) is 25.9 Å². The number of halogens is 3. The van der Waals surface area contributed by atoms with Crippen LogP contribution in [0.2, 0.25) is 0 Å². The van der Waals surface area contributed by atoms with Gasteiger partial charge in [0, 0.05) is 18.8 Å². The van der Waals surface area contributed by atoms with Gasteiger partial charge in [-0.25, -0.2) is 4.79 Å². The van der Waals surface area contributed by atoms with Gasteiger partial charge in [-0.1, -0.05) is 36.4 Å². The van der Waals surface area contributed by atoms with Crippen molar-refractivity contribution in [1.82, 2.24) is 14.8 Å². The molecule has 2 heterocycles. The molecule has 2 unspecified atom stereocenters. The Bertz CT molecular complexity index is 946. The molecule has 1 saturated heterocycles. The Hall–Kier alpha value is -3.10. The number of amides is 2. The fraction of sp³-hybridized carbons (Fsp3) is 0.458. The lowest BCUT2D eigenvalue weighted by Gasteiger charge is -2.43. The molecule has 0 bridgehead atoms. The first-order valence-electron chi connectivity index (χ1n) is 10.8. The number of nitrogens with zero attached hydrogens (tertiary/aromatic N) is 3. The number of piperidine rings is 1. The second-order valence-electron chi connectivity index (χ2n) is 9.03. The molecule has 9 heteroatoms. The molecule has 1 aliphatic heterocycles. The zero-order valence-corrected chi connectivity index (χ0v) is 18.9. The van der Waals surface area contributed by atoms with Gasteiger partial charge in [0.05, 0.1) is 18.3 Å². The van der Waals surface area contributed by atoms with Crippen LogP contribution in [0.1, 0.15) is 50.9 Å². The van der Waals surface area contributed by atoms with Crippen LogP contribution in [-0.4, -0.2) is 51.1 Å². The number of benzene rings is 1. The van der Waals surface area contributed by atoms with Crippen LogP contribution in [0.5, 0.6) is 0 Å². The molecule has 33 heavy (non-hydrogen) atoms. The molecular formula is C24H28F3N3O3. The molecule has 0 N–H and O–H groups in total. The third-order valence-corrected chi connectivity index (χ3v) is 5.39. The van der Waals surface area contributed by atoms with Crippen molar-refractivity contribution in [3.8, 4) is 0 Å². The predicted molar refractivity (Wildman–Crippen MR) is 116 cm³/mol. The second kappa shape index (κ2) is 9.80. The van der Waals surface area contributed by atoms with E-state index in [2.05, 4.69) is 4.98 Å². The zero-order valence-electron chi connectivity index (χ0n) is 18.9. The molecule has 178 valence electrons. The van der Waals surface area contributed by atoms with Crippen LogP contribution in [0.25, 0.3) is 0 Å². The Morgan fingerprint density at radius 2 is 1.76 bits per heavy atom. The summed E-state index contributed by atoms with van der Waals surface area (Å²) in [6, 6.07) is 12.7. The minimum absolute atomic E-state index is 0.151.